The van der Waals surface area contributed by atoms with Crippen LogP contribution in [0.25, 0.3) is 6.08 Å². The highest BCUT2D eigenvalue weighted by Gasteiger charge is 2.70. The molecular formula is C37H30N2O5. The van der Waals surface area contributed by atoms with Crippen LogP contribution in [0.3, 0.4) is 0 Å². The molecule has 0 aromatic heterocycles. The molecule has 3 aliphatic rings. The Labute approximate surface area is 255 Å². The predicted octanol–water partition coefficient (Wildman–Crippen LogP) is 6.24. The Morgan fingerprint density at radius 2 is 1.66 bits per heavy atom. The quantitative estimate of drug-likeness (QED) is 0.196. The molecule has 7 rings (SSSR count). The number of hydrogen-bond donors (Lipinski definition) is 1. The van der Waals surface area contributed by atoms with E-state index in [1.54, 1.807) is 61.7 Å². The molecule has 0 aliphatic carbocycles. The van der Waals surface area contributed by atoms with Crippen molar-refractivity contribution in [2.45, 2.75) is 17.5 Å². The van der Waals surface area contributed by atoms with Crippen LogP contribution in [0.15, 0.2) is 116 Å². The second kappa shape index (κ2) is 10.7. The first-order valence-electron chi connectivity index (χ1n) is 14.5. The molecule has 3 aliphatic heterocycles. The fourth-order valence-electron chi connectivity index (χ4n) is 7.21. The molecule has 44 heavy (non-hydrogen) atoms. The second-order valence-corrected chi connectivity index (χ2v) is 11.1. The standard InChI is InChI=1S/C37H30N2O5/c1-3-22-44-30-15-9-6-12-27(30)34(41)31-32(33(40)24-16-18-25(43-2)19-17-24)39-21-20-23-10-4-5-11-26(23)35(39)37(31)28-13-7-8-14-29(28)38-36(37)42/h3-21,31-32,35H,1,22H2,2H3,(H,38,42). The zero-order valence-electron chi connectivity index (χ0n) is 24.1. The summed E-state index contributed by atoms with van der Waals surface area (Å²) in [5, 5.41) is 3.08. The Bertz CT molecular complexity index is 1840. The predicted molar refractivity (Wildman–Crippen MR) is 168 cm³/mol. The number of anilines is 1. The molecule has 1 spiro atoms. The van der Waals surface area contributed by atoms with Gasteiger partial charge in [0.15, 0.2) is 11.6 Å². The van der Waals surface area contributed by atoms with Crippen molar-refractivity contribution in [2.75, 3.05) is 19.0 Å². The summed E-state index contributed by atoms with van der Waals surface area (Å²) in [6.07, 6.45) is 5.42. The van der Waals surface area contributed by atoms with E-state index in [1.165, 1.54) is 0 Å². The van der Waals surface area contributed by atoms with Crippen LogP contribution in [-0.2, 0) is 10.2 Å². The average Bonchev–Trinajstić information content (AvgIpc) is 3.55. The summed E-state index contributed by atoms with van der Waals surface area (Å²) in [5.74, 6) is -1.04. The van der Waals surface area contributed by atoms with Crippen molar-refractivity contribution in [1.82, 2.24) is 4.90 Å². The van der Waals surface area contributed by atoms with Crippen molar-refractivity contribution in [3.63, 3.8) is 0 Å². The first-order chi connectivity index (χ1) is 21.5. The molecule has 1 saturated heterocycles. The maximum atomic E-state index is 15.1. The van der Waals surface area contributed by atoms with Crippen LogP contribution in [0, 0.1) is 5.92 Å². The highest BCUT2D eigenvalue weighted by Crippen LogP contribution is 2.62. The molecule has 1 fully saturated rings. The summed E-state index contributed by atoms with van der Waals surface area (Å²) in [5.41, 5.74) is 2.44. The van der Waals surface area contributed by atoms with Gasteiger partial charge in [0.2, 0.25) is 5.91 Å². The lowest BCUT2D eigenvalue weighted by Gasteiger charge is -2.38. The number of benzene rings is 4. The number of Topliss-reactive ketones (excluding diaryl/α,β-unsaturated/α-hetero) is 2. The van der Waals surface area contributed by atoms with E-state index in [-0.39, 0.29) is 24.1 Å². The molecule has 7 nitrogen and oxygen atoms in total. The number of nitrogens with one attached hydrogen (secondary N) is 1. The number of para-hydroxylation sites is 2. The van der Waals surface area contributed by atoms with Gasteiger partial charge in [-0.1, -0.05) is 67.3 Å². The van der Waals surface area contributed by atoms with Gasteiger partial charge in [0.05, 0.1) is 24.6 Å². The monoisotopic (exact) mass is 582 g/mol. The van der Waals surface area contributed by atoms with Crippen LogP contribution in [-0.4, -0.2) is 42.1 Å². The van der Waals surface area contributed by atoms with Gasteiger partial charge in [-0.25, -0.2) is 0 Å². The smallest absolute Gasteiger partial charge is 0.238 e. The van der Waals surface area contributed by atoms with Gasteiger partial charge in [0.1, 0.15) is 29.6 Å². The maximum Gasteiger partial charge on any atom is 0.238 e. The normalized spacial score (nSPS) is 22.5. The Balaban J connectivity index is 1.51. The lowest BCUT2D eigenvalue weighted by molar-refractivity contribution is -0.122. The largest absolute Gasteiger partial charge is 0.497 e. The molecule has 4 aromatic carbocycles. The van der Waals surface area contributed by atoms with Crippen molar-refractivity contribution in [3.05, 3.63) is 144 Å². The van der Waals surface area contributed by atoms with E-state index in [0.717, 1.165) is 11.1 Å². The van der Waals surface area contributed by atoms with Crippen molar-refractivity contribution in [3.8, 4) is 11.5 Å². The van der Waals surface area contributed by atoms with E-state index in [1.807, 2.05) is 65.7 Å². The third-order valence-corrected chi connectivity index (χ3v) is 9.01. The molecule has 4 unspecified atom stereocenters. The highest BCUT2D eigenvalue weighted by atomic mass is 16.5. The summed E-state index contributed by atoms with van der Waals surface area (Å²) in [4.78, 5) is 46.4. The van der Waals surface area contributed by atoms with Crippen molar-refractivity contribution in [2.24, 2.45) is 5.92 Å². The van der Waals surface area contributed by atoms with Gasteiger partial charge in [-0.3, -0.25) is 14.4 Å². The minimum absolute atomic E-state index is 0.197. The first-order valence-corrected chi connectivity index (χ1v) is 14.5. The number of methoxy groups -OCH3 is 1. The average molecular weight is 583 g/mol. The van der Waals surface area contributed by atoms with Gasteiger partial charge in [0, 0.05) is 17.5 Å². The molecule has 1 amide bonds. The molecule has 1 N–H and O–H groups in total. The number of amides is 1. The van der Waals surface area contributed by atoms with Gasteiger partial charge in [0.25, 0.3) is 0 Å². The van der Waals surface area contributed by atoms with Crippen LogP contribution >= 0.6 is 0 Å². The molecule has 0 radical (unpaired) electrons. The van der Waals surface area contributed by atoms with E-state index in [4.69, 9.17) is 9.47 Å². The van der Waals surface area contributed by atoms with E-state index in [9.17, 15) is 9.59 Å². The fraction of sp³-hybridized carbons (Fsp3) is 0.162. The maximum absolute atomic E-state index is 15.1. The van der Waals surface area contributed by atoms with E-state index in [0.29, 0.717) is 33.9 Å². The molecular weight excluding hydrogens is 552 g/mol. The fourth-order valence-corrected chi connectivity index (χ4v) is 7.21. The minimum Gasteiger partial charge on any atom is -0.497 e. The van der Waals surface area contributed by atoms with E-state index >= 15 is 4.79 Å². The number of hydrogen-bond acceptors (Lipinski definition) is 6. The van der Waals surface area contributed by atoms with Gasteiger partial charge in [-0.15, -0.1) is 0 Å². The molecule has 4 aromatic rings. The van der Waals surface area contributed by atoms with Crippen molar-refractivity contribution in [1.29, 1.82) is 0 Å². The molecule has 3 heterocycles. The van der Waals surface area contributed by atoms with Crippen molar-refractivity contribution >= 4 is 29.2 Å². The highest BCUT2D eigenvalue weighted by molar-refractivity contribution is 6.17. The summed E-state index contributed by atoms with van der Waals surface area (Å²) < 4.78 is 11.3. The number of carbonyl (C=O) groups excluding carboxylic acids is 3. The Morgan fingerprint density at radius 1 is 0.932 bits per heavy atom. The van der Waals surface area contributed by atoms with Crippen LogP contribution in [0.1, 0.15) is 43.4 Å². The van der Waals surface area contributed by atoms with Crippen LogP contribution in [0.2, 0.25) is 0 Å². The van der Waals surface area contributed by atoms with Gasteiger partial charge >= 0.3 is 0 Å². The number of fused-ring (bicyclic) bond motifs is 6. The van der Waals surface area contributed by atoms with Crippen molar-refractivity contribution < 1.29 is 23.9 Å². The summed E-state index contributed by atoms with van der Waals surface area (Å²) >= 11 is 0. The van der Waals surface area contributed by atoms with Gasteiger partial charge in [-0.2, -0.15) is 0 Å². The zero-order valence-corrected chi connectivity index (χ0v) is 24.1. The number of ether oxygens (including phenoxy) is 2. The summed E-state index contributed by atoms with van der Waals surface area (Å²) in [6.45, 7) is 3.94. The second-order valence-electron chi connectivity index (χ2n) is 11.1. The lowest BCUT2D eigenvalue weighted by Crippen LogP contribution is -2.49. The third-order valence-electron chi connectivity index (χ3n) is 9.01. The van der Waals surface area contributed by atoms with E-state index < -0.39 is 23.4 Å². The zero-order chi connectivity index (χ0) is 30.4. The topological polar surface area (TPSA) is 84.9 Å². The Morgan fingerprint density at radius 3 is 2.45 bits per heavy atom. The number of rotatable bonds is 8. The van der Waals surface area contributed by atoms with Gasteiger partial charge in [-0.05, 0) is 65.2 Å². The molecule has 0 bridgehead atoms. The number of carbonyl (C=O) groups is 3. The summed E-state index contributed by atoms with van der Waals surface area (Å²) in [7, 11) is 1.56. The van der Waals surface area contributed by atoms with E-state index in [2.05, 4.69) is 11.9 Å². The summed E-state index contributed by atoms with van der Waals surface area (Å²) in [6, 6.07) is 27.5. The lowest BCUT2D eigenvalue weighted by atomic mass is 9.62. The number of ketones is 2. The Hall–Kier alpha value is -5.43. The number of nitrogens with zero attached hydrogens (tertiary/aromatic N) is 1. The molecule has 7 heteroatoms. The first kappa shape index (κ1) is 27.4. The molecule has 0 saturated carbocycles. The minimum atomic E-state index is -1.42. The van der Waals surface area contributed by atoms with Crippen LogP contribution in [0.5, 0.6) is 11.5 Å². The molecule has 218 valence electrons. The van der Waals surface area contributed by atoms with Crippen LogP contribution < -0.4 is 14.8 Å². The Kier molecular flexibility index (Phi) is 6.66. The third kappa shape index (κ3) is 3.93. The molecule has 4 atom stereocenters. The van der Waals surface area contributed by atoms with Crippen LogP contribution in [0.4, 0.5) is 5.69 Å². The SMILES string of the molecule is C=CCOc1ccccc1C(=O)C1C(C(=O)c2ccc(OC)cc2)N2C=Cc3ccccc3C2C12C(=O)Nc1ccccc12. The van der Waals surface area contributed by atoms with Gasteiger partial charge < -0.3 is 19.7 Å².